The second-order valence-electron chi connectivity index (χ2n) is 37.9. The minimum Gasteiger partial charge on any atom is -0.323 e. The average molecular weight is 1580 g/mol. The van der Waals surface area contributed by atoms with Gasteiger partial charge < -0.3 is 36.5 Å². The summed E-state index contributed by atoms with van der Waals surface area (Å²) in [6.45, 7) is 88.3. The van der Waals surface area contributed by atoms with Gasteiger partial charge in [-0.25, -0.2) is 39.9 Å². The Balaban J connectivity index is 0.000000249. The van der Waals surface area contributed by atoms with Crippen molar-refractivity contribution < 1.29 is 0 Å². The van der Waals surface area contributed by atoms with Gasteiger partial charge in [-0.15, -0.1) is 0 Å². The zero-order valence-corrected chi connectivity index (χ0v) is 78.2. The van der Waals surface area contributed by atoms with Gasteiger partial charge in [0.15, 0.2) is 41.3 Å². The summed E-state index contributed by atoms with van der Waals surface area (Å²) >= 11 is 0. The van der Waals surface area contributed by atoms with E-state index < -0.39 is 0 Å². The third-order valence-corrected chi connectivity index (χ3v) is 25.5. The van der Waals surface area contributed by atoms with Crippen LogP contribution < -0.4 is 0 Å². The maximum atomic E-state index is 4.92. The SMILES string of the molecule is CC(C)n1cc(C(C)(C)C)nc1SSc1nc(C(C)(C)C)cn1C(C)C.CC(C)n1cc(C(C)(C)C)nc1SSc1nc(C(C)(C)C)cn1C(C)C.CC(C)n1cc(C(C)(C)C)nc1SSc1nc(C(C)(C)C)cn1C(C)C.CC(C)n1cc(C(C)(C)C)nc1SSc1nc(C(C)(C)C)cn1C(C)C. The molecule has 0 unspecified atom stereocenters. The highest BCUT2D eigenvalue weighted by Gasteiger charge is 2.31. The van der Waals surface area contributed by atoms with Crippen molar-refractivity contribution in [1.29, 1.82) is 0 Å². The van der Waals surface area contributed by atoms with Crippen LogP contribution in [0.15, 0.2) is 90.8 Å². The van der Waals surface area contributed by atoms with E-state index in [1.807, 2.05) is 0 Å². The summed E-state index contributed by atoms with van der Waals surface area (Å²) in [6.07, 6.45) is 17.6. The topological polar surface area (TPSA) is 143 Å². The van der Waals surface area contributed by atoms with E-state index >= 15 is 0 Å². The molecule has 0 bridgehead atoms. The molecule has 0 aliphatic rings. The molecular weight excluding hydrogens is 1440 g/mol. The standard InChI is InChI=1S/4C20H34N4S2/c4*1-13(2)23-11-15(19(5,6)7)21-17(23)25-26-18-22-16(20(8,9)10)12-24(18)14(3)4/h4*11-14H,1-10H3. The summed E-state index contributed by atoms with van der Waals surface area (Å²) in [4.78, 5) is 39.3. The van der Waals surface area contributed by atoms with E-state index in [0.717, 1.165) is 86.8 Å². The molecular formula is C80H136N16S8. The molecule has 8 aromatic heterocycles. The van der Waals surface area contributed by atoms with E-state index in [2.05, 4.69) is 363 Å². The zero-order valence-electron chi connectivity index (χ0n) is 71.7. The van der Waals surface area contributed by atoms with Gasteiger partial charge in [-0.2, -0.15) is 0 Å². The number of hydrogen-bond donors (Lipinski definition) is 0. The predicted molar refractivity (Wildman–Crippen MR) is 457 cm³/mol. The molecule has 0 fully saturated rings. The van der Waals surface area contributed by atoms with Gasteiger partial charge in [-0.1, -0.05) is 166 Å². The molecule has 16 nitrogen and oxygen atoms in total. The van der Waals surface area contributed by atoms with Gasteiger partial charge in [0.25, 0.3) is 0 Å². The Morgan fingerprint density at radius 2 is 0.250 bits per heavy atom. The van der Waals surface area contributed by atoms with E-state index in [9.17, 15) is 0 Å². The van der Waals surface area contributed by atoms with Crippen molar-refractivity contribution in [3.63, 3.8) is 0 Å². The van der Waals surface area contributed by atoms with Gasteiger partial charge >= 0.3 is 0 Å². The first-order chi connectivity index (χ1) is 47.2. The fourth-order valence-corrected chi connectivity index (χ4v) is 18.9. The summed E-state index contributed by atoms with van der Waals surface area (Å²) in [6, 6.07) is 3.09. The molecule has 24 heteroatoms. The summed E-state index contributed by atoms with van der Waals surface area (Å²) in [5, 5.41) is 8.37. The summed E-state index contributed by atoms with van der Waals surface area (Å²) in [5.41, 5.74) is 9.50. The van der Waals surface area contributed by atoms with Crippen LogP contribution >= 0.6 is 86.4 Å². The minimum atomic E-state index is 0.0515. The van der Waals surface area contributed by atoms with Crippen molar-refractivity contribution >= 4 is 86.4 Å². The lowest BCUT2D eigenvalue weighted by molar-refractivity contribution is 0.547. The van der Waals surface area contributed by atoms with Crippen LogP contribution in [0.5, 0.6) is 0 Å². The van der Waals surface area contributed by atoms with E-state index in [1.165, 1.54) is 0 Å². The number of aromatic nitrogens is 16. The van der Waals surface area contributed by atoms with E-state index in [-0.39, 0.29) is 43.3 Å². The van der Waals surface area contributed by atoms with Crippen LogP contribution in [-0.4, -0.2) is 76.4 Å². The van der Waals surface area contributed by atoms with Crippen molar-refractivity contribution in [2.75, 3.05) is 0 Å². The van der Waals surface area contributed by atoms with Gasteiger partial charge in [0.05, 0.1) is 45.6 Å². The molecule has 8 rings (SSSR count). The first kappa shape index (κ1) is 91.1. The Labute approximate surface area is 662 Å². The first-order valence-corrected chi connectivity index (χ1v) is 45.9. The number of rotatable bonds is 20. The predicted octanol–water partition coefficient (Wildman–Crippen LogP) is 26.5. The van der Waals surface area contributed by atoms with E-state index in [4.69, 9.17) is 39.9 Å². The van der Waals surface area contributed by atoms with Crippen LogP contribution in [0.2, 0.25) is 0 Å². The Hall–Kier alpha value is -3.52. The smallest absolute Gasteiger partial charge is 0.179 e. The molecule has 0 N–H and O–H groups in total. The monoisotopic (exact) mass is 1580 g/mol. The highest BCUT2D eigenvalue weighted by Crippen LogP contribution is 2.46. The van der Waals surface area contributed by atoms with Crippen molar-refractivity contribution in [2.45, 2.75) is 410 Å². The summed E-state index contributed by atoms with van der Waals surface area (Å²) in [5.74, 6) is 0. The molecule has 0 atom stereocenters. The van der Waals surface area contributed by atoms with E-state index in [1.54, 1.807) is 86.4 Å². The molecule has 0 aliphatic carbocycles. The molecule has 104 heavy (non-hydrogen) atoms. The van der Waals surface area contributed by atoms with Gasteiger partial charge in [-0.05, 0) is 197 Å². The number of hydrogen-bond acceptors (Lipinski definition) is 16. The van der Waals surface area contributed by atoms with Gasteiger partial charge in [0, 0.05) is 141 Å². The van der Waals surface area contributed by atoms with Crippen molar-refractivity contribution in [3.8, 4) is 0 Å². The third-order valence-electron chi connectivity index (χ3n) is 16.9. The Morgan fingerprint density at radius 1 is 0.173 bits per heavy atom. The molecule has 0 spiro atoms. The lowest BCUT2D eigenvalue weighted by atomic mass is 9.93. The van der Waals surface area contributed by atoms with Gasteiger partial charge in [0.1, 0.15) is 0 Å². The maximum absolute atomic E-state index is 4.92. The van der Waals surface area contributed by atoms with Gasteiger partial charge in [-0.3, -0.25) is 0 Å². The third kappa shape index (κ3) is 25.3. The quantitative estimate of drug-likeness (QED) is 0.0667. The molecule has 8 aromatic rings. The second kappa shape index (κ2) is 35.7. The molecule has 0 radical (unpaired) electrons. The lowest BCUT2D eigenvalue weighted by Gasteiger charge is -2.14. The molecule has 0 aromatic carbocycles. The molecule has 0 saturated carbocycles. The summed E-state index contributed by atoms with van der Waals surface area (Å²) < 4.78 is 18.2. The molecule has 0 aliphatic heterocycles. The second-order valence-corrected chi connectivity index (χ2v) is 46.2. The van der Waals surface area contributed by atoms with Crippen LogP contribution in [0.4, 0.5) is 0 Å². The normalized spacial score (nSPS) is 13.2. The highest BCUT2D eigenvalue weighted by atomic mass is 33.1. The fourth-order valence-electron chi connectivity index (χ4n) is 9.65. The first-order valence-electron chi connectivity index (χ1n) is 37.3. The minimum absolute atomic E-state index is 0.0515. The Bertz CT molecular complexity index is 3230. The van der Waals surface area contributed by atoms with Crippen LogP contribution in [0.1, 0.15) is 371 Å². The number of nitrogens with zero attached hydrogens (tertiary/aromatic N) is 16. The van der Waals surface area contributed by atoms with Crippen molar-refractivity contribution in [1.82, 2.24) is 76.4 Å². The lowest BCUT2D eigenvalue weighted by Crippen LogP contribution is -2.11. The zero-order chi connectivity index (χ0) is 79.4. The van der Waals surface area contributed by atoms with Crippen LogP contribution in [0, 0.1) is 0 Å². The van der Waals surface area contributed by atoms with Gasteiger partial charge in [0.2, 0.25) is 0 Å². The van der Waals surface area contributed by atoms with E-state index in [0.29, 0.717) is 48.3 Å². The Kier molecular flexibility index (Phi) is 31.2. The highest BCUT2D eigenvalue weighted by molar-refractivity contribution is 8.77. The Morgan fingerprint density at radius 3 is 0.308 bits per heavy atom. The molecule has 584 valence electrons. The van der Waals surface area contributed by atoms with Crippen LogP contribution in [0.3, 0.4) is 0 Å². The van der Waals surface area contributed by atoms with Crippen molar-refractivity contribution in [3.05, 3.63) is 95.1 Å². The maximum Gasteiger partial charge on any atom is 0.179 e. The molecule has 0 saturated heterocycles. The fraction of sp³-hybridized carbons (Fsp3) is 0.700. The number of imidazole rings is 8. The summed E-state index contributed by atoms with van der Waals surface area (Å²) in [7, 11) is 13.6. The molecule has 8 heterocycles. The largest absolute Gasteiger partial charge is 0.323 e. The van der Waals surface area contributed by atoms with Crippen molar-refractivity contribution in [2.24, 2.45) is 0 Å². The van der Waals surface area contributed by atoms with Crippen LogP contribution in [0.25, 0.3) is 0 Å². The average Bonchev–Trinajstić information content (AvgIpc) is 1.67. The van der Waals surface area contributed by atoms with Crippen LogP contribution in [-0.2, 0) is 43.3 Å². The molecule has 0 amide bonds.